The van der Waals surface area contributed by atoms with Crippen LogP contribution in [0.15, 0.2) is 46.9 Å². The molecule has 0 saturated heterocycles. The van der Waals surface area contributed by atoms with Gasteiger partial charge in [-0.05, 0) is 45.8 Å². The number of hydrogen-bond donors (Lipinski definition) is 1. The first kappa shape index (κ1) is 14.4. The van der Waals surface area contributed by atoms with E-state index in [4.69, 9.17) is 23.2 Å². The summed E-state index contributed by atoms with van der Waals surface area (Å²) >= 11 is 15.2. The number of halogens is 3. The standard InChI is InChI=1S/C14H10BrCl2NO/c15-12-3-1-2-11(13(12)17)14(19)18-8-9-4-6-10(16)7-5-9/h1-7H,8H2,(H,18,19). The Morgan fingerprint density at radius 3 is 2.47 bits per heavy atom. The lowest BCUT2D eigenvalue weighted by molar-refractivity contribution is 0.0951. The SMILES string of the molecule is O=C(NCc1ccc(Cl)cc1)c1cccc(Br)c1Cl. The zero-order valence-corrected chi connectivity index (χ0v) is 12.9. The molecule has 0 radical (unpaired) electrons. The fourth-order valence-corrected chi connectivity index (χ4v) is 2.26. The Morgan fingerprint density at radius 2 is 1.79 bits per heavy atom. The van der Waals surface area contributed by atoms with E-state index in [0.717, 1.165) is 5.56 Å². The van der Waals surface area contributed by atoms with E-state index in [1.165, 1.54) is 0 Å². The van der Waals surface area contributed by atoms with Gasteiger partial charge in [-0.3, -0.25) is 4.79 Å². The average Bonchev–Trinajstić information content (AvgIpc) is 2.41. The molecule has 2 aromatic carbocycles. The third-order valence-corrected chi connectivity index (χ3v) is 4.11. The molecule has 0 unspecified atom stereocenters. The van der Waals surface area contributed by atoms with Crippen molar-refractivity contribution in [3.63, 3.8) is 0 Å². The van der Waals surface area contributed by atoms with Crippen molar-refractivity contribution in [2.45, 2.75) is 6.54 Å². The van der Waals surface area contributed by atoms with Crippen molar-refractivity contribution in [2.24, 2.45) is 0 Å². The zero-order chi connectivity index (χ0) is 13.8. The number of carbonyl (C=O) groups is 1. The van der Waals surface area contributed by atoms with Crippen molar-refractivity contribution in [1.29, 1.82) is 0 Å². The summed E-state index contributed by atoms with van der Waals surface area (Å²) in [6.07, 6.45) is 0. The van der Waals surface area contributed by atoms with E-state index in [1.807, 2.05) is 12.1 Å². The van der Waals surface area contributed by atoms with Gasteiger partial charge in [-0.25, -0.2) is 0 Å². The van der Waals surface area contributed by atoms with Gasteiger partial charge >= 0.3 is 0 Å². The Morgan fingerprint density at radius 1 is 1.11 bits per heavy atom. The maximum Gasteiger partial charge on any atom is 0.253 e. The number of amides is 1. The topological polar surface area (TPSA) is 29.1 Å². The van der Waals surface area contributed by atoms with E-state index in [0.29, 0.717) is 26.6 Å². The minimum Gasteiger partial charge on any atom is -0.348 e. The maximum atomic E-state index is 12.0. The van der Waals surface area contributed by atoms with Crippen LogP contribution in [0.2, 0.25) is 10.0 Å². The van der Waals surface area contributed by atoms with E-state index in [9.17, 15) is 4.79 Å². The van der Waals surface area contributed by atoms with Crippen LogP contribution in [0.3, 0.4) is 0 Å². The average molecular weight is 359 g/mol. The molecule has 2 nitrogen and oxygen atoms in total. The van der Waals surface area contributed by atoms with Crippen molar-refractivity contribution >= 4 is 45.0 Å². The van der Waals surface area contributed by atoms with Crippen molar-refractivity contribution in [3.8, 4) is 0 Å². The first-order chi connectivity index (χ1) is 9.08. The molecule has 1 N–H and O–H groups in total. The second-order valence-electron chi connectivity index (χ2n) is 3.91. The van der Waals surface area contributed by atoms with E-state index in [2.05, 4.69) is 21.2 Å². The zero-order valence-electron chi connectivity index (χ0n) is 9.79. The van der Waals surface area contributed by atoms with Gasteiger partial charge in [0.1, 0.15) is 0 Å². The quantitative estimate of drug-likeness (QED) is 0.847. The molecule has 2 rings (SSSR count). The molecule has 0 aliphatic heterocycles. The first-order valence-corrected chi connectivity index (χ1v) is 7.09. The first-order valence-electron chi connectivity index (χ1n) is 5.54. The van der Waals surface area contributed by atoms with Gasteiger partial charge < -0.3 is 5.32 Å². The highest BCUT2D eigenvalue weighted by molar-refractivity contribution is 9.10. The minimum atomic E-state index is -0.207. The molecule has 2 aromatic rings. The second kappa shape index (κ2) is 6.42. The summed E-state index contributed by atoms with van der Waals surface area (Å²) < 4.78 is 0.702. The molecular weight excluding hydrogens is 349 g/mol. The molecule has 0 saturated carbocycles. The molecule has 1 amide bonds. The number of hydrogen-bond acceptors (Lipinski definition) is 1. The van der Waals surface area contributed by atoms with Crippen LogP contribution in [0.5, 0.6) is 0 Å². The van der Waals surface area contributed by atoms with E-state index < -0.39 is 0 Å². The molecule has 0 aliphatic carbocycles. The van der Waals surface area contributed by atoms with Crippen LogP contribution in [-0.4, -0.2) is 5.91 Å². The lowest BCUT2D eigenvalue weighted by atomic mass is 10.2. The van der Waals surface area contributed by atoms with Gasteiger partial charge in [0.05, 0.1) is 10.6 Å². The molecule has 0 aliphatic rings. The molecule has 0 spiro atoms. The molecule has 19 heavy (non-hydrogen) atoms. The van der Waals surface area contributed by atoms with E-state index in [1.54, 1.807) is 30.3 Å². The Hall–Kier alpha value is -1.03. The van der Waals surface area contributed by atoms with Crippen LogP contribution >= 0.6 is 39.1 Å². The third kappa shape index (κ3) is 3.72. The van der Waals surface area contributed by atoms with Gasteiger partial charge in [0, 0.05) is 16.0 Å². The highest BCUT2D eigenvalue weighted by Crippen LogP contribution is 2.25. The smallest absolute Gasteiger partial charge is 0.253 e. The monoisotopic (exact) mass is 357 g/mol. The van der Waals surface area contributed by atoms with Gasteiger partial charge in [0.15, 0.2) is 0 Å². The Kier molecular flexibility index (Phi) is 4.86. The summed E-state index contributed by atoms with van der Waals surface area (Å²) in [6.45, 7) is 0.429. The predicted octanol–water partition coefficient (Wildman–Crippen LogP) is 4.69. The fraction of sp³-hybridized carbons (Fsp3) is 0.0714. The van der Waals surface area contributed by atoms with Crippen LogP contribution in [0.1, 0.15) is 15.9 Å². The largest absolute Gasteiger partial charge is 0.348 e. The van der Waals surface area contributed by atoms with Gasteiger partial charge in [-0.15, -0.1) is 0 Å². The molecule has 0 aromatic heterocycles. The minimum absolute atomic E-state index is 0.207. The number of benzene rings is 2. The Bertz CT molecular complexity index is 599. The van der Waals surface area contributed by atoms with Crippen molar-refractivity contribution in [2.75, 3.05) is 0 Å². The van der Waals surface area contributed by atoms with Crippen LogP contribution in [-0.2, 0) is 6.54 Å². The molecule has 0 bridgehead atoms. The molecule has 0 heterocycles. The van der Waals surface area contributed by atoms with Crippen molar-refractivity contribution in [1.82, 2.24) is 5.32 Å². The van der Waals surface area contributed by atoms with E-state index >= 15 is 0 Å². The highest BCUT2D eigenvalue weighted by atomic mass is 79.9. The van der Waals surface area contributed by atoms with E-state index in [-0.39, 0.29) is 5.91 Å². The predicted molar refractivity (Wildman–Crippen MR) is 81.8 cm³/mol. The van der Waals surface area contributed by atoms with Crippen LogP contribution in [0, 0.1) is 0 Å². The number of carbonyl (C=O) groups excluding carboxylic acids is 1. The van der Waals surface area contributed by atoms with Crippen LogP contribution in [0.25, 0.3) is 0 Å². The lowest BCUT2D eigenvalue weighted by Crippen LogP contribution is -2.23. The lowest BCUT2D eigenvalue weighted by Gasteiger charge is -2.08. The van der Waals surface area contributed by atoms with Gasteiger partial charge in [-0.2, -0.15) is 0 Å². The van der Waals surface area contributed by atoms with Crippen LogP contribution < -0.4 is 5.32 Å². The van der Waals surface area contributed by atoms with Gasteiger partial charge in [-0.1, -0.05) is 41.4 Å². The number of rotatable bonds is 3. The van der Waals surface area contributed by atoms with Crippen LogP contribution in [0.4, 0.5) is 0 Å². The molecule has 0 atom stereocenters. The summed E-state index contributed by atoms with van der Waals surface area (Å²) in [4.78, 5) is 12.0. The highest BCUT2D eigenvalue weighted by Gasteiger charge is 2.11. The summed E-state index contributed by atoms with van der Waals surface area (Å²) in [5.41, 5.74) is 1.42. The van der Waals surface area contributed by atoms with Crippen molar-refractivity contribution < 1.29 is 4.79 Å². The van der Waals surface area contributed by atoms with Crippen molar-refractivity contribution in [3.05, 3.63) is 68.1 Å². The Labute approximate surface area is 129 Å². The Balaban J connectivity index is 2.05. The summed E-state index contributed by atoms with van der Waals surface area (Å²) in [5.74, 6) is -0.207. The molecule has 98 valence electrons. The van der Waals surface area contributed by atoms with Gasteiger partial charge in [0.25, 0.3) is 5.91 Å². The number of nitrogens with one attached hydrogen (secondary N) is 1. The summed E-state index contributed by atoms with van der Waals surface area (Å²) in [5, 5.41) is 3.90. The maximum absolute atomic E-state index is 12.0. The molecular formula is C14H10BrCl2NO. The third-order valence-electron chi connectivity index (χ3n) is 2.56. The summed E-state index contributed by atoms with van der Waals surface area (Å²) in [7, 11) is 0. The normalized spacial score (nSPS) is 10.3. The molecule has 0 fully saturated rings. The van der Waals surface area contributed by atoms with Gasteiger partial charge in [0.2, 0.25) is 0 Å². The molecule has 5 heteroatoms. The second-order valence-corrected chi connectivity index (χ2v) is 5.58. The fourth-order valence-electron chi connectivity index (χ4n) is 1.56. The summed E-state index contributed by atoms with van der Waals surface area (Å²) in [6, 6.07) is 12.6.